The highest BCUT2D eigenvalue weighted by Gasteiger charge is 2.39. The molecule has 1 fully saturated rings. The van der Waals surface area contributed by atoms with Crippen molar-refractivity contribution in [1.82, 2.24) is 9.80 Å². The van der Waals surface area contributed by atoms with Gasteiger partial charge >= 0.3 is 0 Å². The number of carbonyl (C=O) groups excluding carboxylic acids is 3. The average Bonchev–Trinajstić information content (AvgIpc) is 3.55. The molecule has 14 heteroatoms. The number of rotatable bonds is 5. The number of aromatic hydroxyl groups is 4. The van der Waals surface area contributed by atoms with E-state index in [-0.39, 0.29) is 65.1 Å². The minimum Gasteiger partial charge on any atom is -0.507 e. The van der Waals surface area contributed by atoms with Gasteiger partial charge in [0, 0.05) is 37.7 Å². The van der Waals surface area contributed by atoms with E-state index in [1.165, 1.54) is 19.4 Å². The lowest BCUT2D eigenvalue weighted by molar-refractivity contribution is -0.135. The van der Waals surface area contributed by atoms with Crippen LogP contribution in [0.5, 0.6) is 40.2 Å². The summed E-state index contributed by atoms with van der Waals surface area (Å²) >= 11 is 5.85. The molecule has 4 aromatic carbocycles. The van der Waals surface area contributed by atoms with Crippen LogP contribution < -0.4 is 14.2 Å². The number of ketones is 2. The molecule has 0 spiro atoms. The molecule has 0 aromatic heterocycles. The number of piperazine rings is 1. The quantitative estimate of drug-likeness (QED) is 0.178. The molecule has 0 unspecified atom stereocenters. The number of phenolic OH excluding ortho intramolecular Hbond substituents is 4. The van der Waals surface area contributed by atoms with Crippen molar-refractivity contribution in [2.24, 2.45) is 0 Å². The maximum Gasteiger partial charge on any atom is 0.260 e. The summed E-state index contributed by atoms with van der Waals surface area (Å²) in [6.07, 6.45) is 0. The van der Waals surface area contributed by atoms with Gasteiger partial charge in [-0.2, -0.15) is 0 Å². The van der Waals surface area contributed by atoms with Crippen molar-refractivity contribution in [2.75, 3.05) is 39.6 Å². The van der Waals surface area contributed by atoms with Gasteiger partial charge in [-0.1, -0.05) is 17.7 Å². The fraction of sp³-hybridized carbons (Fsp3) is 0.250. The predicted octanol–water partition coefficient (Wildman–Crippen LogP) is 5.11. The molecule has 50 heavy (non-hydrogen) atoms. The zero-order valence-electron chi connectivity index (χ0n) is 27.1. The Bertz CT molecular complexity index is 1900. The van der Waals surface area contributed by atoms with Crippen LogP contribution in [0.15, 0.2) is 54.6 Å². The molecule has 0 radical (unpaired) electrons. The van der Waals surface area contributed by atoms with Crippen molar-refractivity contribution >= 4 is 41.5 Å². The molecule has 262 valence electrons. The Hall–Kier alpha value is -5.17. The van der Waals surface area contributed by atoms with E-state index in [1.54, 1.807) is 24.3 Å². The number of carbonyl (C=O) groups is 3. The van der Waals surface area contributed by atoms with Gasteiger partial charge in [0.25, 0.3) is 5.91 Å². The minimum absolute atomic E-state index is 0. The molecular weight excluding hydrogens is 691 g/mol. The minimum atomic E-state index is -0.825. The van der Waals surface area contributed by atoms with Crippen LogP contribution in [0.3, 0.4) is 0 Å². The van der Waals surface area contributed by atoms with E-state index in [0.717, 1.165) is 43.3 Å². The lowest BCUT2D eigenvalue weighted by Gasteiger charge is -2.34. The lowest BCUT2D eigenvalue weighted by atomic mass is 9.80. The van der Waals surface area contributed by atoms with E-state index in [1.807, 2.05) is 17.0 Å². The van der Waals surface area contributed by atoms with Crippen LogP contribution >= 0.6 is 24.0 Å². The summed E-state index contributed by atoms with van der Waals surface area (Å²) in [4.78, 5) is 41.7. The first kappa shape index (κ1) is 36.1. The van der Waals surface area contributed by atoms with Gasteiger partial charge in [-0.25, -0.2) is 0 Å². The molecule has 12 nitrogen and oxygen atoms in total. The number of hydrogen-bond donors (Lipinski definition) is 4. The second-order valence-electron chi connectivity index (χ2n) is 11.9. The third-order valence-electron chi connectivity index (χ3n) is 8.59. The number of hydrogen-bond acceptors (Lipinski definition) is 11. The van der Waals surface area contributed by atoms with Gasteiger partial charge in [-0.05, 0) is 79.1 Å². The molecule has 1 aliphatic carbocycles. The van der Waals surface area contributed by atoms with E-state index in [9.17, 15) is 34.8 Å². The Morgan fingerprint density at radius 1 is 0.760 bits per heavy atom. The molecule has 7 rings (SSSR count). The molecule has 0 atom stereocenters. The first-order chi connectivity index (χ1) is 23.4. The average molecular weight is 726 g/mol. The number of benzene rings is 4. The van der Waals surface area contributed by atoms with Crippen LogP contribution in [-0.4, -0.2) is 87.3 Å². The van der Waals surface area contributed by atoms with Crippen molar-refractivity contribution in [3.63, 3.8) is 0 Å². The zero-order valence-corrected chi connectivity index (χ0v) is 28.6. The Balaban J connectivity index is 0.000000195. The van der Waals surface area contributed by atoms with Gasteiger partial charge in [0.05, 0.1) is 22.3 Å². The Labute approximate surface area is 298 Å². The highest BCUT2D eigenvalue weighted by atomic mass is 35.5. The Morgan fingerprint density at radius 3 is 1.86 bits per heavy atom. The SMILES string of the molecule is Cc1cc(O)c2c(c1O)C(=O)c1c(O)cc(C)c(O)c1C2=O.Cl.O=C(COc1ccc(Cl)cc1)N1CCN(Cc2ccc3c(c2)OCO3)CC1. The van der Waals surface area contributed by atoms with Crippen molar-refractivity contribution in [3.8, 4) is 40.2 Å². The normalized spacial score (nSPS) is 14.6. The number of phenols is 4. The molecule has 2 aliphatic heterocycles. The highest BCUT2D eigenvalue weighted by molar-refractivity contribution is 6.32. The second-order valence-corrected chi connectivity index (χ2v) is 12.3. The van der Waals surface area contributed by atoms with Gasteiger partial charge in [0.15, 0.2) is 18.1 Å². The molecular formula is C36H34Cl2N2O10. The second kappa shape index (κ2) is 14.8. The van der Waals surface area contributed by atoms with Gasteiger partial charge in [-0.3, -0.25) is 19.3 Å². The summed E-state index contributed by atoms with van der Waals surface area (Å²) < 4.78 is 16.3. The fourth-order valence-electron chi connectivity index (χ4n) is 5.95. The summed E-state index contributed by atoms with van der Waals surface area (Å²) in [5.74, 6) is -1.18. The van der Waals surface area contributed by atoms with Crippen molar-refractivity contribution in [1.29, 1.82) is 0 Å². The molecule has 4 aromatic rings. The standard InChI is InChI=1S/C20H21ClN2O4.C16H12O6.ClH/c21-16-2-4-17(5-3-16)25-13-20(24)23-9-7-22(8-10-23)12-15-1-6-18-19(11-15)27-14-26-18;1-5-3-7(17)9-11(13(5)19)15(21)10-8(18)4-6(2)14(20)12(10)16(9)22;/h1-6,11H,7-10,12-14H2;3-4,17-20H,1-2H3;1H. The molecule has 0 saturated carbocycles. The molecule has 0 bridgehead atoms. The summed E-state index contributed by atoms with van der Waals surface area (Å²) in [6, 6.07) is 15.4. The van der Waals surface area contributed by atoms with E-state index in [2.05, 4.69) is 11.0 Å². The van der Waals surface area contributed by atoms with Gasteiger partial charge < -0.3 is 39.5 Å². The first-order valence-electron chi connectivity index (χ1n) is 15.4. The smallest absolute Gasteiger partial charge is 0.260 e. The number of amides is 1. The van der Waals surface area contributed by atoms with Gasteiger partial charge in [0.2, 0.25) is 18.4 Å². The van der Waals surface area contributed by atoms with Gasteiger partial charge in [-0.15, -0.1) is 12.4 Å². The Kier molecular flexibility index (Phi) is 10.7. The summed E-state index contributed by atoms with van der Waals surface area (Å²) in [5.41, 5.74) is 0.141. The third kappa shape index (κ3) is 7.09. The molecule has 1 saturated heterocycles. The summed E-state index contributed by atoms with van der Waals surface area (Å²) in [6.45, 7) is 7.18. The first-order valence-corrected chi connectivity index (χ1v) is 15.8. The van der Waals surface area contributed by atoms with Crippen LogP contribution in [0.25, 0.3) is 0 Å². The van der Waals surface area contributed by atoms with Crippen molar-refractivity contribution < 1.29 is 49.0 Å². The van der Waals surface area contributed by atoms with Crippen molar-refractivity contribution in [3.05, 3.63) is 98.6 Å². The number of halogens is 2. The van der Waals surface area contributed by atoms with Crippen LogP contribution in [-0.2, 0) is 11.3 Å². The molecule has 2 heterocycles. The zero-order chi connectivity index (χ0) is 35.0. The molecule has 1 amide bonds. The maximum atomic E-state index is 12.6. The van der Waals surface area contributed by atoms with E-state index in [0.29, 0.717) is 23.9 Å². The predicted molar refractivity (Wildman–Crippen MR) is 184 cm³/mol. The lowest BCUT2D eigenvalue weighted by Crippen LogP contribution is -2.49. The van der Waals surface area contributed by atoms with Crippen molar-refractivity contribution in [2.45, 2.75) is 20.4 Å². The van der Waals surface area contributed by atoms with Crippen LogP contribution in [0.4, 0.5) is 0 Å². The van der Waals surface area contributed by atoms with E-state index < -0.39 is 34.6 Å². The molecule has 4 N–H and O–H groups in total. The van der Waals surface area contributed by atoms with Crippen LogP contribution in [0.2, 0.25) is 5.02 Å². The maximum absolute atomic E-state index is 12.6. The molecule has 3 aliphatic rings. The fourth-order valence-corrected chi connectivity index (χ4v) is 6.08. The van der Waals surface area contributed by atoms with E-state index >= 15 is 0 Å². The van der Waals surface area contributed by atoms with Crippen LogP contribution in [0.1, 0.15) is 48.5 Å². The summed E-state index contributed by atoms with van der Waals surface area (Å²) in [5, 5.41) is 40.7. The highest BCUT2D eigenvalue weighted by Crippen LogP contribution is 2.45. The Morgan fingerprint density at radius 2 is 1.30 bits per heavy atom. The number of fused-ring (bicyclic) bond motifs is 3. The summed E-state index contributed by atoms with van der Waals surface area (Å²) in [7, 11) is 0. The van der Waals surface area contributed by atoms with Crippen LogP contribution in [0, 0.1) is 13.8 Å². The van der Waals surface area contributed by atoms with Gasteiger partial charge in [0.1, 0.15) is 28.7 Å². The van der Waals surface area contributed by atoms with E-state index in [4.69, 9.17) is 25.8 Å². The number of aryl methyl sites for hydroxylation is 2. The number of nitrogens with zero attached hydrogens (tertiary/aromatic N) is 2. The monoisotopic (exact) mass is 724 g/mol. The number of ether oxygens (including phenoxy) is 3. The topological polar surface area (TPSA) is 166 Å². The largest absolute Gasteiger partial charge is 0.507 e. The third-order valence-corrected chi connectivity index (χ3v) is 8.84.